The number of benzene rings is 2. The highest BCUT2D eigenvalue weighted by Crippen LogP contribution is 2.40. The van der Waals surface area contributed by atoms with Gasteiger partial charge in [-0.2, -0.15) is 0 Å². The maximum Gasteiger partial charge on any atom is 0.329 e. The minimum absolute atomic E-state index is 0.00883. The van der Waals surface area contributed by atoms with Crippen molar-refractivity contribution in [3.05, 3.63) is 65.8 Å². The van der Waals surface area contributed by atoms with Crippen molar-refractivity contribution in [1.82, 2.24) is 4.90 Å². The van der Waals surface area contributed by atoms with Crippen molar-refractivity contribution in [3.8, 4) is 5.75 Å². The second kappa shape index (κ2) is 23.1. The number of aliphatic hydroxyl groups is 3. The van der Waals surface area contributed by atoms with Crippen molar-refractivity contribution in [2.45, 2.75) is 166 Å². The standard InChI is InChI=1S/C53H75NO13/c1-10-36-24-30(2)47(57)31(3)25-45(63-8)49-46(64-9)26-33(5)53(61,67-49)50(58)51(59)54-22-14-13-17-40(54)52(60)66-48(34(6)41(55)29-42(36)56)32(4)23-35-18-21-43(44(27-35)62-7)65-39-20-19-37-15-11-12-16-38(37)28-39/h11-12,15-16,19-20,23-24,28,31,33-36,40-41,43-49,55,57,61H,10,13-14,17-18,21-22,25-27,29H2,1-9H3/b30-24-,32-23+/t31-,33-,34-,35+,36-,40+,41+,43?,44?,45+,46+,47?,48-,49-,53-/m1/s1. The summed E-state index contributed by atoms with van der Waals surface area (Å²) in [7, 11) is 4.63. The Balaban J connectivity index is 1.32. The summed E-state index contributed by atoms with van der Waals surface area (Å²) < 4.78 is 36.8. The summed E-state index contributed by atoms with van der Waals surface area (Å²) in [5.74, 6) is -7.81. The maximum atomic E-state index is 14.6. The molecule has 1 aliphatic carbocycles. The number of nitrogens with zero attached hydrogens (tertiary/aromatic N) is 1. The van der Waals surface area contributed by atoms with Crippen LogP contribution < -0.4 is 4.74 Å². The Hall–Kier alpha value is -4.02. The fourth-order valence-electron chi connectivity index (χ4n) is 10.8. The predicted octanol–water partition coefficient (Wildman–Crippen LogP) is 6.68. The Labute approximate surface area is 396 Å². The molecule has 3 aliphatic heterocycles. The van der Waals surface area contributed by atoms with Crippen molar-refractivity contribution >= 4 is 34.2 Å². The average Bonchev–Trinajstić information content (AvgIpc) is 3.33. The van der Waals surface area contributed by atoms with Gasteiger partial charge in [-0.3, -0.25) is 14.4 Å². The number of esters is 1. The van der Waals surface area contributed by atoms with Gasteiger partial charge in [-0.05, 0) is 118 Å². The number of aliphatic hydroxyl groups excluding tert-OH is 2. The summed E-state index contributed by atoms with van der Waals surface area (Å²) in [5.41, 5.74) is 1.22. The van der Waals surface area contributed by atoms with Crippen molar-refractivity contribution < 1.29 is 62.9 Å². The van der Waals surface area contributed by atoms with E-state index in [0.717, 1.165) is 22.9 Å². The van der Waals surface area contributed by atoms with Crippen LogP contribution in [0.1, 0.15) is 106 Å². The van der Waals surface area contributed by atoms with Crippen molar-refractivity contribution in [3.63, 3.8) is 0 Å². The van der Waals surface area contributed by atoms with Gasteiger partial charge in [-0.1, -0.05) is 70.2 Å². The zero-order valence-electron chi connectivity index (χ0n) is 40.9. The SMILES string of the molecule is CC[C@@H]1/C=C(/C)C(O)[C@H](C)C[C@H](OC)[C@H]2O[C@@](O)(C(=O)C(=O)N3CCCC[C@H]3C(=O)O[C@H](/C(C)=C/[C@@H]3CCC(Oc4ccc5ccccc5c4)C(OC)C3)[C@H](C)[C@@H](O)CC1=O)[C@H](C)C[C@@H]2OC. The number of carbonyl (C=O) groups excluding carboxylic acids is 4. The summed E-state index contributed by atoms with van der Waals surface area (Å²) in [5, 5.41) is 37.8. The van der Waals surface area contributed by atoms with Gasteiger partial charge in [0.1, 0.15) is 35.9 Å². The molecule has 67 heavy (non-hydrogen) atoms. The van der Waals surface area contributed by atoms with Gasteiger partial charge in [0.25, 0.3) is 11.7 Å². The number of rotatable bonds is 8. The first-order chi connectivity index (χ1) is 31.9. The van der Waals surface area contributed by atoms with Crippen LogP contribution in [0.25, 0.3) is 10.8 Å². The lowest BCUT2D eigenvalue weighted by atomic mass is 9.81. The molecule has 3 unspecified atom stereocenters. The molecular weight excluding hydrogens is 859 g/mol. The lowest BCUT2D eigenvalue weighted by Crippen LogP contribution is -2.64. The van der Waals surface area contributed by atoms with E-state index in [1.54, 1.807) is 34.0 Å². The van der Waals surface area contributed by atoms with Crippen LogP contribution in [0.5, 0.6) is 5.75 Å². The van der Waals surface area contributed by atoms with Crippen molar-refractivity contribution in [1.29, 1.82) is 0 Å². The normalized spacial score (nSPS) is 37.8. The van der Waals surface area contributed by atoms with E-state index < -0.39 is 89.8 Å². The van der Waals surface area contributed by atoms with Gasteiger partial charge in [0, 0.05) is 52.0 Å². The smallest absolute Gasteiger partial charge is 0.329 e. The van der Waals surface area contributed by atoms with E-state index in [1.807, 2.05) is 57.2 Å². The summed E-state index contributed by atoms with van der Waals surface area (Å²) >= 11 is 0. The molecule has 15 atom stereocenters. The number of allylic oxidation sites excluding steroid dienone is 2. The third-order valence-electron chi connectivity index (χ3n) is 15.2. The topological polar surface area (TPSA) is 188 Å². The zero-order chi connectivity index (χ0) is 48.7. The van der Waals surface area contributed by atoms with E-state index in [2.05, 4.69) is 12.1 Å². The monoisotopic (exact) mass is 934 g/mol. The number of hydrogen-bond donors (Lipinski definition) is 3. The van der Waals surface area contributed by atoms with Gasteiger partial charge in [0.15, 0.2) is 0 Å². The number of Topliss-reactive ketones (excluding diaryl/α,β-unsaturated/α-hetero) is 2. The molecule has 3 N–H and O–H groups in total. The van der Waals surface area contributed by atoms with Gasteiger partial charge in [-0.25, -0.2) is 4.79 Å². The Morgan fingerprint density at radius 2 is 1.55 bits per heavy atom. The van der Waals surface area contributed by atoms with Crippen LogP contribution in [0.15, 0.2) is 65.8 Å². The summed E-state index contributed by atoms with van der Waals surface area (Å²) in [6.07, 6.45) is 1.55. The molecule has 2 saturated heterocycles. The van der Waals surface area contributed by atoms with Crippen LogP contribution in [0.3, 0.4) is 0 Å². The Kier molecular flexibility index (Phi) is 18.0. The third kappa shape index (κ3) is 11.9. The molecular formula is C53H75NO13. The molecule has 4 aliphatic rings. The molecule has 2 aromatic rings. The molecule has 0 spiro atoms. The van der Waals surface area contributed by atoms with E-state index in [-0.39, 0.29) is 56.1 Å². The lowest BCUT2D eigenvalue weighted by Gasteiger charge is -2.47. The van der Waals surface area contributed by atoms with E-state index in [9.17, 15) is 34.5 Å². The maximum absolute atomic E-state index is 14.6. The minimum atomic E-state index is -2.58. The minimum Gasteiger partial charge on any atom is -0.488 e. The number of methoxy groups -OCH3 is 3. The van der Waals surface area contributed by atoms with Crippen molar-refractivity contribution in [2.75, 3.05) is 27.9 Å². The molecule has 1 saturated carbocycles. The molecule has 3 heterocycles. The van der Waals surface area contributed by atoms with Gasteiger partial charge in [-0.15, -0.1) is 0 Å². The summed E-state index contributed by atoms with van der Waals surface area (Å²) in [6.45, 7) is 10.7. The van der Waals surface area contributed by atoms with Gasteiger partial charge < -0.3 is 48.6 Å². The number of amides is 1. The van der Waals surface area contributed by atoms with Crippen LogP contribution in [-0.4, -0.2) is 132 Å². The lowest BCUT2D eigenvalue weighted by molar-refractivity contribution is -0.302. The van der Waals surface area contributed by atoms with Gasteiger partial charge in [0.2, 0.25) is 5.79 Å². The fourth-order valence-corrected chi connectivity index (χ4v) is 10.8. The Morgan fingerprint density at radius 1 is 0.866 bits per heavy atom. The second-order valence-electron chi connectivity index (χ2n) is 19.8. The predicted molar refractivity (Wildman–Crippen MR) is 252 cm³/mol. The van der Waals surface area contributed by atoms with Crippen LogP contribution in [0, 0.1) is 29.6 Å². The Morgan fingerprint density at radius 3 is 2.24 bits per heavy atom. The number of fused-ring (bicyclic) bond motifs is 4. The van der Waals surface area contributed by atoms with Crippen LogP contribution in [0.4, 0.5) is 0 Å². The first kappa shape index (κ1) is 52.4. The van der Waals surface area contributed by atoms with E-state index in [1.165, 1.54) is 19.1 Å². The molecule has 3 fully saturated rings. The largest absolute Gasteiger partial charge is 0.488 e. The highest BCUT2D eigenvalue weighted by Gasteiger charge is 2.57. The number of cyclic esters (lactones) is 1. The number of hydrogen-bond acceptors (Lipinski definition) is 13. The molecule has 370 valence electrons. The van der Waals surface area contributed by atoms with Crippen LogP contribution in [0.2, 0.25) is 0 Å². The summed E-state index contributed by atoms with van der Waals surface area (Å²) in [6, 6.07) is 13.0. The molecule has 0 aromatic heterocycles. The highest BCUT2D eigenvalue weighted by molar-refractivity contribution is 6.39. The summed E-state index contributed by atoms with van der Waals surface area (Å²) in [4.78, 5) is 58.5. The quantitative estimate of drug-likeness (QED) is 0.145. The second-order valence-corrected chi connectivity index (χ2v) is 19.8. The van der Waals surface area contributed by atoms with Crippen molar-refractivity contribution in [2.24, 2.45) is 29.6 Å². The molecule has 6 rings (SSSR count). The van der Waals surface area contributed by atoms with E-state index >= 15 is 0 Å². The molecule has 0 radical (unpaired) electrons. The number of ether oxygens (including phenoxy) is 6. The number of piperidine rings is 1. The average molecular weight is 934 g/mol. The molecule has 14 nitrogen and oxygen atoms in total. The first-order valence-electron chi connectivity index (χ1n) is 24.4. The molecule has 1 amide bonds. The zero-order valence-corrected chi connectivity index (χ0v) is 40.9. The van der Waals surface area contributed by atoms with Crippen LogP contribution >= 0.6 is 0 Å². The van der Waals surface area contributed by atoms with E-state index in [4.69, 9.17) is 28.4 Å². The first-order valence-corrected chi connectivity index (χ1v) is 24.4. The van der Waals surface area contributed by atoms with Gasteiger partial charge >= 0.3 is 5.97 Å². The Bertz CT molecular complexity index is 2100. The highest BCUT2D eigenvalue weighted by atomic mass is 16.7. The molecule has 14 heteroatoms. The van der Waals surface area contributed by atoms with Crippen LogP contribution in [-0.2, 0) is 42.9 Å². The van der Waals surface area contributed by atoms with E-state index in [0.29, 0.717) is 43.3 Å². The third-order valence-corrected chi connectivity index (χ3v) is 15.2. The number of ketones is 2. The number of carbonyl (C=O) groups is 4. The molecule has 2 bridgehead atoms. The molecule has 2 aromatic carbocycles. The fraction of sp³-hybridized carbons (Fsp3) is 0.660. The van der Waals surface area contributed by atoms with Gasteiger partial charge in [0.05, 0.1) is 30.5 Å².